The molecule has 2 heterocycles. The molecule has 0 aliphatic carbocycles. The second kappa shape index (κ2) is 3.43. The summed E-state index contributed by atoms with van der Waals surface area (Å²) in [7, 11) is 3.37. The molecule has 3 nitrogen and oxygen atoms in total. The lowest BCUT2D eigenvalue weighted by atomic mass is 9.82. The summed E-state index contributed by atoms with van der Waals surface area (Å²) in [5, 5.41) is 0. The molecule has 2 aliphatic heterocycles. The summed E-state index contributed by atoms with van der Waals surface area (Å²) in [6.07, 6.45) is 4.26. The number of nitrogens with zero attached hydrogens (tertiary/aromatic N) is 1. The summed E-state index contributed by atoms with van der Waals surface area (Å²) >= 11 is 6.54. The highest BCUT2D eigenvalue weighted by Crippen LogP contribution is 2.61. The summed E-state index contributed by atoms with van der Waals surface area (Å²) in [5.41, 5.74) is 1.52. The van der Waals surface area contributed by atoms with Crippen molar-refractivity contribution in [3.63, 3.8) is 0 Å². The molecule has 0 saturated heterocycles. The number of ether oxygens (including phenoxy) is 2. The predicted molar refractivity (Wildman–Crippen MR) is 71.1 cm³/mol. The first-order chi connectivity index (χ1) is 8.49. The van der Waals surface area contributed by atoms with Crippen LogP contribution in [0.25, 0.3) is 0 Å². The Hall–Kier alpha value is -1.19. The van der Waals surface area contributed by atoms with Crippen LogP contribution in [0.1, 0.15) is 25.0 Å². The Balaban J connectivity index is 2.38. The topological polar surface area (TPSA) is 21.7 Å². The lowest BCUT2D eigenvalue weighted by Crippen LogP contribution is -2.34. The van der Waals surface area contributed by atoms with Crippen molar-refractivity contribution < 1.29 is 9.47 Å². The molecule has 3 rings (SSSR count). The van der Waals surface area contributed by atoms with E-state index in [1.165, 1.54) is 0 Å². The maximum atomic E-state index is 6.54. The molecule has 2 atom stereocenters. The summed E-state index contributed by atoms with van der Waals surface area (Å²) in [6.45, 7) is 4.19. The molecule has 0 saturated carbocycles. The number of hydrogen-bond acceptors (Lipinski definition) is 3. The molecule has 1 aromatic rings. The van der Waals surface area contributed by atoms with E-state index in [2.05, 4.69) is 26.0 Å². The van der Waals surface area contributed by atoms with Gasteiger partial charge in [-0.3, -0.25) is 0 Å². The SMILES string of the molecule is COc1ccc(OC)c2c1C1(C)C=CC2(C)N1Cl. The van der Waals surface area contributed by atoms with Crippen LogP contribution in [-0.4, -0.2) is 18.6 Å². The van der Waals surface area contributed by atoms with Crippen molar-refractivity contribution in [1.29, 1.82) is 0 Å². The average molecular weight is 266 g/mol. The molecule has 4 heteroatoms. The van der Waals surface area contributed by atoms with Crippen molar-refractivity contribution in [3.8, 4) is 11.5 Å². The minimum Gasteiger partial charge on any atom is -0.496 e. The van der Waals surface area contributed by atoms with Crippen LogP contribution in [0.5, 0.6) is 11.5 Å². The van der Waals surface area contributed by atoms with Crippen LogP contribution in [0, 0.1) is 0 Å². The van der Waals surface area contributed by atoms with E-state index in [1.807, 2.05) is 16.6 Å². The van der Waals surface area contributed by atoms with Gasteiger partial charge in [0.05, 0.1) is 25.3 Å². The molecular weight excluding hydrogens is 250 g/mol. The van der Waals surface area contributed by atoms with Crippen molar-refractivity contribution in [3.05, 3.63) is 35.4 Å². The Morgan fingerprint density at radius 2 is 1.33 bits per heavy atom. The van der Waals surface area contributed by atoms with Crippen LogP contribution in [0.4, 0.5) is 0 Å². The molecule has 0 radical (unpaired) electrons. The van der Waals surface area contributed by atoms with Gasteiger partial charge in [-0.1, -0.05) is 12.2 Å². The molecule has 2 bridgehead atoms. The van der Waals surface area contributed by atoms with E-state index in [0.717, 1.165) is 22.6 Å². The van der Waals surface area contributed by atoms with Crippen LogP contribution in [0.2, 0.25) is 0 Å². The van der Waals surface area contributed by atoms with Gasteiger partial charge in [0.25, 0.3) is 0 Å². The third-order valence-electron chi connectivity index (χ3n) is 4.13. The van der Waals surface area contributed by atoms with Gasteiger partial charge in [-0.25, -0.2) is 0 Å². The predicted octanol–water partition coefficient (Wildman–Crippen LogP) is 3.17. The van der Waals surface area contributed by atoms with E-state index in [-0.39, 0.29) is 11.1 Å². The van der Waals surface area contributed by atoms with Crippen molar-refractivity contribution in [2.24, 2.45) is 0 Å². The number of fused-ring (bicyclic) bond motifs is 5. The summed E-state index contributed by atoms with van der Waals surface area (Å²) in [5.74, 6) is 1.71. The zero-order valence-corrected chi connectivity index (χ0v) is 11.7. The number of methoxy groups -OCH3 is 2. The van der Waals surface area contributed by atoms with Gasteiger partial charge in [-0.05, 0) is 37.8 Å². The number of benzene rings is 1. The first-order valence-electron chi connectivity index (χ1n) is 5.91. The van der Waals surface area contributed by atoms with Crippen LogP contribution < -0.4 is 9.47 Å². The normalized spacial score (nSPS) is 32.7. The molecule has 2 unspecified atom stereocenters. The molecule has 1 aromatic carbocycles. The van der Waals surface area contributed by atoms with Crippen LogP contribution >= 0.6 is 11.8 Å². The van der Waals surface area contributed by atoms with Gasteiger partial charge >= 0.3 is 0 Å². The number of hydrogen-bond donors (Lipinski definition) is 0. The van der Waals surface area contributed by atoms with Gasteiger partial charge in [0, 0.05) is 11.1 Å². The Kier molecular flexibility index (Phi) is 2.26. The zero-order chi connectivity index (χ0) is 13.1. The maximum absolute atomic E-state index is 6.54. The smallest absolute Gasteiger partial charge is 0.124 e. The van der Waals surface area contributed by atoms with Gasteiger partial charge in [0.2, 0.25) is 0 Å². The molecular formula is C14H16ClNO2. The van der Waals surface area contributed by atoms with Gasteiger partial charge < -0.3 is 9.47 Å². The molecule has 0 amide bonds. The van der Waals surface area contributed by atoms with E-state index in [4.69, 9.17) is 21.3 Å². The second-order valence-corrected chi connectivity index (χ2v) is 5.47. The van der Waals surface area contributed by atoms with E-state index in [0.29, 0.717) is 0 Å². The van der Waals surface area contributed by atoms with Crippen LogP contribution in [0.15, 0.2) is 24.3 Å². The summed E-state index contributed by atoms with van der Waals surface area (Å²) in [6, 6.07) is 3.87. The Labute approximate surface area is 112 Å². The largest absolute Gasteiger partial charge is 0.496 e. The monoisotopic (exact) mass is 265 g/mol. The molecule has 0 N–H and O–H groups in total. The zero-order valence-electron chi connectivity index (χ0n) is 11.0. The van der Waals surface area contributed by atoms with Gasteiger partial charge in [0.15, 0.2) is 0 Å². The fourth-order valence-corrected chi connectivity index (χ4v) is 3.49. The van der Waals surface area contributed by atoms with E-state index >= 15 is 0 Å². The third kappa shape index (κ3) is 1.09. The molecule has 96 valence electrons. The van der Waals surface area contributed by atoms with Gasteiger partial charge in [0.1, 0.15) is 11.5 Å². The van der Waals surface area contributed by atoms with Crippen molar-refractivity contribution in [2.45, 2.75) is 24.9 Å². The lowest BCUT2D eigenvalue weighted by Gasteiger charge is -2.29. The summed E-state index contributed by atoms with van der Waals surface area (Å²) in [4.78, 5) is 0. The van der Waals surface area contributed by atoms with Crippen LogP contribution in [-0.2, 0) is 11.1 Å². The summed E-state index contributed by atoms with van der Waals surface area (Å²) < 4.78 is 12.8. The molecule has 2 aliphatic rings. The lowest BCUT2D eigenvalue weighted by molar-refractivity contribution is 0.226. The first-order valence-corrected chi connectivity index (χ1v) is 6.25. The van der Waals surface area contributed by atoms with E-state index < -0.39 is 0 Å². The third-order valence-corrected chi connectivity index (χ3v) is 4.83. The average Bonchev–Trinajstić information content (AvgIpc) is 2.72. The Bertz CT molecular complexity index is 510. The Morgan fingerprint density at radius 1 is 0.944 bits per heavy atom. The minimum absolute atomic E-state index is 0.342. The van der Waals surface area contributed by atoms with Crippen molar-refractivity contribution in [1.82, 2.24) is 4.42 Å². The fourth-order valence-electron chi connectivity index (χ4n) is 3.21. The Morgan fingerprint density at radius 3 is 1.67 bits per heavy atom. The highest BCUT2D eigenvalue weighted by Gasteiger charge is 2.58. The second-order valence-electron chi connectivity index (χ2n) is 5.13. The molecule has 0 aromatic heterocycles. The van der Waals surface area contributed by atoms with Gasteiger partial charge in [-0.2, -0.15) is 4.42 Å². The first kappa shape index (κ1) is 11.9. The highest BCUT2D eigenvalue weighted by molar-refractivity contribution is 6.15. The van der Waals surface area contributed by atoms with E-state index in [9.17, 15) is 0 Å². The number of rotatable bonds is 2. The quantitative estimate of drug-likeness (QED) is 0.606. The maximum Gasteiger partial charge on any atom is 0.124 e. The van der Waals surface area contributed by atoms with Crippen LogP contribution in [0.3, 0.4) is 0 Å². The van der Waals surface area contributed by atoms with Gasteiger partial charge in [-0.15, -0.1) is 0 Å². The number of halogens is 1. The molecule has 18 heavy (non-hydrogen) atoms. The highest BCUT2D eigenvalue weighted by atomic mass is 35.5. The van der Waals surface area contributed by atoms with Crippen molar-refractivity contribution >= 4 is 11.8 Å². The van der Waals surface area contributed by atoms with Crippen molar-refractivity contribution in [2.75, 3.05) is 14.2 Å². The van der Waals surface area contributed by atoms with E-state index in [1.54, 1.807) is 14.2 Å². The minimum atomic E-state index is -0.342. The standard InChI is InChI=1S/C14H16ClNO2/c1-13-7-8-14(2,16(13)15)12-10(18-4)6-5-9(17-3)11(12)13/h5-8H,1-4H3. The fraction of sp³-hybridized carbons (Fsp3) is 0.429. The molecule has 0 spiro atoms. The molecule has 0 fully saturated rings.